The van der Waals surface area contributed by atoms with E-state index in [0.29, 0.717) is 11.1 Å². The molecule has 208 valence electrons. The number of rotatable bonds is 6. The Morgan fingerprint density at radius 2 is 1.12 bits per heavy atom. The molecule has 4 aromatic carbocycles. The second kappa shape index (κ2) is 9.15. The van der Waals surface area contributed by atoms with E-state index in [1.54, 1.807) is 13.8 Å². The highest BCUT2D eigenvalue weighted by Gasteiger charge is 2.56. The topological polar surface area (TPSA) is 52.6 Å². The number of benzene rings is 4. The van der Waals surface area contributed by atoms with E-state index in [9.17, 15) is 9.59 Å². The molecule has 0 radical (unpaired) electrons. The van der Waals surface area contributed by atoms with Gasteiger partial charge in [-0.05, 0) is 79.1 Å². The minimum Gasteiger partial charge on any atom is -0.446 e. The van der Waals surface area contributed by atoms with Gasteiger partial charge in [-0.3, -0.25) is 0 Å². The van der Waals surface area contributed by atoms with E-state index in [1.165, 1.54) is 0 Å². The molecule has 0 aliphatic heterocycles. The van der Waals surface area contributed by atoms with Gasteiger partial charge in [0.2, 0.25) is 0 Å². The SMILES string of the molecule is C=C(C)C(=O)OC1(C)c2ccccc2-c2ccc(-c3ccc4c(c3)C(OC(=O)C(=C)C)(C3CC3)c3ccccc3-4)cc21. The van der Waals surface area contributed by atoms with Crippen molar-refractivity contribution in [3.05, 3.63) is 131 Å². The summed E-state index contributed by atoms with van der Waals surface area (Å²) in [5.74, 6) is -0.590. The van der Waals surface area contributed by atoms with Crippen molar-refractivity contribution in [2.45, 2.75) is 44.8 Å². The van der Waals surface area contributed by atoms with E-state index in [2.05, 4.69) is 67.8 Å². The number of hydrogen-bond acceptors (Lipinski definition) is 4. The van der Waals surface area contributed by atoms with Crippen molar-refractivity contribution < 1.29 is 19.1 Å². The zero-order valence-electron chi connectivity index (χ0n) is 24.1. The van der Waals surface area contributed by atoms with Gasteiger partial charge in [-0.1, -0.05) is 86.0 Å². The Morgan fingerprint density at radius 1 is 0.643 bits per heavy atom. The van der Waals surface area contributed by atoms with E-state index in [1.807, 2.05) is 37.3 Å². The maximum Gasteiger partial charge on any atom is 0.334 e. The maximum absolute atomic E-state index is 13.1. The molecule has 4 heteroatoms. The van der Waals surface area contributed by atoms with Crippen molar-refractivity contribution in [1.29, 1.82) is 0 Å². The number of hydrogen-bond donors (Lipinski definition) is 0. The summed E-state index contributed by atoms with van der Waals surface area (Å²) in [5.41, 5.74) is 9.16. The van der Waals surface area contributed by atoms with Gasteiger partial charge in [-0.2, -0.15) is 0 Å². The van der Waals surface area contributed by atoms with Crippen LogP contribution in [0, 0.1) is 5.92 Å². The van der Waals surface area contributed by atoms with E-state index < -0.39 is 17.2 Å². The van der Waals surface area contributed by atoms with E-state index >= 15 is 0 Å². The molecule has 42 heavy (non-hydrogen) atoms. The predicted molar refractivity (Wildman–Crippen MR) is 165 cm³/mol. The third kappa shape index (κ3) is 3.68. The van der Waals surface area contributed by atoms with Crippen molar-refractivity contribution in [1.82, 2.24) is 0 Å². The first-order valence-electron chi connectivity index (χ1n) is 14.4. The van der Waals surface area contributed by atoms with Crippen LogP contribution in [0.15, 0.2) is 109 Å². The fourth-order valence-corrected chi connectivity index (χ4v) is 6.82. The molecule has 7 rings (SSSR count). The second-order valence-electron chi connectivity index (χ2n) is 12.0. The Bertz CT molecular complexity index is 1860. The van der Waals surface area contributed by atoms with Crippen molar-refractivity contribution in [3.8, 4) is 33.4 Å². The van der Waals surface area contributed by atoms with Crippen molar-refractivity contribution >= 4 is 11.9 Å². The quantitative estimate of drug-likeness (QED) is 0.178. The average Bonchev–Trinajstić information content (AvgIpc) is 3.77. The number of carbonyl (C=O) groups excluding carboxylic acids is 2. The van der Waals surface area contributed by atoms with Gasteiger partial charge in [-0.25, -0.2) is 9.59 Å². The summed E-state index contributed by atoms with van der Waals surface area (Å²) in [7, 11) is 0. The fourth-order valence-electron chi connectivity index (χ4n) is 6.82. The van der Waals surface area contributed by atoms with Crippen molar-refractivity contribution in [3.63, 3.8) is 0 Å². The van der Waals surface area contributed by atoms with Gasteiger partial charge in [0.15, 0.2) is 11.2 Å². The highest BCUT2D eigenvalue weighted by atomic mass is 16.6. The standard InChI is InChI=1S/C38H32O4/c1-22(2)35(39)41-37(5)31-12-8-6-10-27(31)29-18-14-24(20-33(29)37)25-15-19-30-28-11-7-9-13-32(28)38(26-16-17-26,34(30)21-25)42-36(40)23(3)4/h6-15,18-21,26H,1,3,16-17H2,2,4-5H3. The first-order chi connectivity index (χ1) is 20.1. The largest absolute Gasteiger partial charge is 0.446 e. The molecule has 1 saturated carbocycles. The molecule has 0 N–H and O–H groups in total. The Balaban J connectivity index is 1.39. The lowest BCUT2D eigenvalue weighted by Gasteiger charge is -2.32. The summed E-state index contributed by atoms with van der Waals surface area (Å²) in [6.45, 7) is 13.0. The zero-order valence-corrected chi connectivity index (χ0v) is 24.1. The number of carbonyl (C=O) groups is 2. The lowest BCUT2D eigenvalue weighted by Crippen LogP contribution is -2.34. The molecule has 0 amide bonds. The zero-order chi connectivity index (χ0) is 29.4. The molecule has 4 aromatic rings. The molecule has 0 bridgehead atoms. The van der Waals surface area contributed by atoms with Crippen LogP contribution in [0.2, 0.25) is 0 Å². The normalized spacial score (nSPS) is 21.0. The third-order valence-electron chi connectivity index (χ3n) is 9.03. The minimum absolute atomic E-state index is 0.206. The Morgan fingerprint density at radius 3 is 1.71 bits per heavy atom. The van der Waals surface area contributed by atoms with E-state index in [4.69, 9.17) is 9.47 Å². The second-order valence-corrected chi connectivity index (χ2v) is 12.0. The van der Waals surface area contributed by atoms with Crippen LogP contribution in [0.5, 0.6) is 0 Å². The number of ether oxygens (including phenoxy) is 2. The smallest absolute Gasteiger partial charge is 0.334 e. The molecule has 4 nitrogen and oxygen atoms in total. The van der Waals surface area contributed by atoms with Gasteiger partial charge in [0, 0.05) is 39.3 Å². The van der Waals surface area contributed by atoms with Crippen LogP contribution in [0.4, 0.5) is 0 Å². The maximum atomic E-state index is 13.1. The molecule has 3 aliphatic carbocycles. The number of esters is 2. The molecule has 1 fully saturated rings. The molecule has 0 saturated heterocycles. The summed E-state index contributed by atoms with van der Waals surface area (Å²) in [6, 6.07) is 29.1. The monoisotopic (exact) mass is 552 g/mol. The molecule has 2 unspecified atom stereocenters. The van der Waals surface area contributed by atoms with Crippen molar-refractivity contribution in [2.24, 2.45) is 5.92 Å². The first kappa shape index (κ1) is 26.2. The van der Waals surface area contributed by atoms with Crippen molar-refractivity contribution in [2.75, 3.05) is 0 Å². The highest BCUT2D eigenvalue weighted by Crippen LogP contribution is 2.61. The van der Waals surface area contributed by atoms with Gasteiger partial charge < -0.3 is 9.47 Å². The van der Waals surface area contributed by atoms with Crippen LogP contribution in [-0.2, 0) is 30.3 Å². The van der Waals surface area contributed by atoms with Gasteiger partial charge in [0.25, 0.3) is 0 Å². The number of fused-ring (bicyclic) bond motifs is 6. The Labute approximate surface area is 246 Å². The van der Waals surface area contributed by atoms with Gasteiger partial charge in [0.1, 0.15) is 0 Å². The average molecular weight is 553 g/mol. The third-order valence-corrected chi connectivity index (χ3v) is 9.03. The van der Waals surface area contributed by atoms with Crippen LogP contribution >= 0.6 is 0 Å². The van der Waals surface area contributed by atoms with Gasteiger partial charge in [0.05, 0.1) is 0 Å². The summed E-state index contributed by atoms with van der Waals surface area (Å²) in [4.78, 5) is 25.9. The summed E-state index contributed by atoms with van der Waals surface area (Å²) < 4.78 is 12.6. The van der Waals surface area contributed by atoms with Gasteiger partial charge in [-0.15, -0.1) is 0 Å². The minimum atomic E-state index is -0.959. The molecule has 0 heterocycles. The molecular formula is C38H32O4. The summed E-state index contributed by atoms with van der Waals surface area (Å²) in [6.07, 6.45) is 1.98. The van der Waals surface area contributed by atoms with Crippen LogP contribution in [0.3, 0.4) is 0 Å². The molecule has 0 aromatic heterocycles. The lowest BCUT2D eigenvalue weighted by atomic mass is 9.84. The van der Waals surface area contributed by atoms with E-state index in [0.717, 1.165) is 68.5 Å². The van der Waals surface area contributed by atoms with Crippen LogP contribution in [0.25, 0.3) is 33.4 Å². The fraction of sp³-hybridized carbons (Fsp3) is 0.211. The lowest BCUT2D eigenvalue weighted by molar-refractivity contribution is -0.153. The molecule has 3 aliphatic rings. The predicted octanol–water partition coefficient (Wildman–Crippen LogP) is 8.47. The molecule has 2 atom stereocenters. The highest BCUT2D eigenvalue weighted by molar-refractivity contribution is 5.92. The first-order valence-corrected chi connectivity index (χ1v) is 14.4. The van der Waals surface area contributed by atoms with Gasteiger partial charge >= 0.3 is 11.9 Å². The molecule has 0 spiro atoms. The Hall–Kier alpha value is -4.70. The summed E-state index contributed by atoms with van der Waals surface area (Å²) >= 11 is 0. The van der Waals surface area contributed by atoms with Crippen LogP contribution < -0.4 is 0 Å². The van der Waals surface area contributed by atoms with E-state index in [-0.39, 0.29) is 11.9 Å². The summed E-state index contributed by atoms with van der Waals surface area (Å²) in [5, 5.41) is 0. The van der Waals surface area contributed by atoms with Crippen LogP contribution in [0.1, 0.15) is 55.9 Å². The molecular weight excluding hydrogens is 520 g/mol. The van der Waals surface area contributed by atoms with Crippen LogP contribution in [-0.4, -0.2) is 11.9 Å². The Kier molecular flexibility index (Phi) is 5.71.